The van der Waals surface area contributed by atoms with Gasteiger partial charge in [0.1, 0.15) is 0 Å². The molecule has 0 unspecified atom stereocenters. The van der Waals surface area contributed by atoms with E-state index in [0.29, 0.717) is 0 Å². The highest BCUT2D eigenvalue weighted by atomic mass is 28.3. The van der Waals surface area contributed by atoms with Gasteiger partial charge in [-0.25, -0.2) is 0 Å². The topological polar surface area (TPSA) is 0 Å². The lowest BCUT2D eigenvalue weighted by Gasteiger charge is -2.16. The van der Waals surface area contributed by atoms with Crippen molar-refractivity contribution >= 4 is 8.07 Å². The normalized spacial score (nSPS) is 13.0. The number of hydrogen-bond donors (Lipinski definition) is 0. The summed E-state index contributed by atoms with van der Waals surface area (Å²) in [6, 6.07) is 1.28. The maximum Gasteiger partial charge on any atom is 0.0486 e. The second-order valence-electron chi connectivity index (χ2n) is 5.22. The van der Waals surface area contributed by atoms with Crippen molar-refractivity contribution in [2.24, 2.45) is 0 Å². The Morgan fingerprint density at radius 1 is 1.21 bits per heavy atom. The van der Waals surface area contributed by atoms with Gasteiger partial charge in [-0.15, -0.1) is 0 Å². The van der Waals surface area contributed by atoms with E-state index >= 15 is 0 Å². The monoisotopic (exact) mass is 210 g/mol. The van der Waals surface area contributed by atoms with E-state index in [1.54, 1.807) is 0 Å². The van der Waals surface area contributed by atoms with Gasteiger partial charge in [0.25, 0.3) is 0 Å². The minimum atomic E-state index is -0.949. The van der Waals surface area contributed by atoms with Gasteiger partial charge in [-0.3, -0.25) is 0 Å². The van der Waals surface area contributed by atoms with E-state index in [4.69, 9.17) is 0 Å². The fourth-order valence-corrected chi connectivity index (χ4v) is 3.04. The van der Waals surface area contributed by atoms with Crippen LogP contribution in [-0.4, -0.2) is 8.07 Å². The highest BCUT2D eigenvalue weighted by molar-refractivity contribution is 6.76. The molecule has 0 bridgehead atoms. The average Bonchev–Trinajstić information content (AvgIpc) is 2.08. The van der Waals surface area contributed by atoms with Gasteiger partial charge in [0.2, 0.25) is 0 Å². The zero-order valence-corrected chi connectivity index (χ0v) is 11.4. The molecule has 0 fully saturated rings. The van der Waals surface area contributed by atoms with E-state index in [1.807, 2.05) is 6.08 Å². The fraction of sp³-hybridized carbons (Fsp3) is 0.692. The lowest BCUT2D eigenvalue weighted by atomic mass is 10.1. The van der Waals surface area contributed by atoms with Crippen molar-refractivity contribution in [3.63, 3.8) is 0 Å². The summed E-state index contributed by atoms with van der Waals surface area (Å²) >= 11 is 0. The zero-order chi connectivity index (χ0) is 11.0. The van der Waals surface area contributed by atoms with Gasteiger partial charge in [-0.2, -0.15) is 0 Å². The molecule has 82 valence electrons. The Morgan fingerprint density at radius 3 is 2.29 bits per heavy atom. The number of unbranched alkanes of at least 4 members (excludes halogenated alkanes) is 3. The highest BCUT2D eigenvalue weighted by Gasteiger charge is 2.13. The first-order valence-electron chi connectivity index (χ1n) is 5.81. The van der Waals surface area contributed by atoms with Gasteiger partial charge in [-0.1, -0.05) is 63.7 Å². The van der Waals surface area contributed by atoms with Crippen LogP contribution in [0.4, 0.5) is 0 Å². The van der Waals surface area contributed by atoms with Crippen molar-refractivity contribution in [2.45, 2.75) is 58.3 Å². The van der Waals surface area contributed by atoms with Crippen molar-refractivity contribution in [1.82, 2.24) is 0 Å². The van der Waals surface area contributed by atoms with Crippen LogP contribution in [0.2, 0.25) is 25.7 Å². The van der Waals surface area contributed by atoms with Crippen LogP contribution in [-0.2, 0) is 0 Å². The molecule has 0 aromatic rings. The average molecular weight is 210 g/mol. The Hall–Kier alpha value is -0.303. The third-order valence-electron chi connectivity index (χ3n) is 2.21. The smallest absolute Gasteiger partial charge is 0.0486 e. The summed E-state index contributed by atoms with van der Waals surface area (Å²) in [5.74, 6) is 0. The summed E-state index contributed by atoms with van der Waals surface area (Å²) in [6.45, 7) is 13.4. The van der Waals surface area contributed by atoms with Crippen molar-refractivity contribution in [1.29, 1.82) is 0 Å². The standard InChI is InChI=1S/C13H26Si/c1-6-8-9-10-11-13(7-2)12-14(3,4)5/h7,11H,2,6,8-10,12H2,1,3-5H3/b13-11-. The second kappa shape index (κ2) is 7.05. The molecule has 0 saturated heterocycles. The molecule has 0 N–H and O–H groups in total. The van der Waals surface area contributed by atoms with Gasteiger partial charge >= 0.3 is 0 Å². The van der Waals surface area contributed by atoms with E-state index in [1.165, 1.54) is 37.3 Å². The maximum absolute atomic E-state index is 3.90. The molecule has 0 radical (unpaired) electrons. The number of rotatable bonds is 7. The predicted octanol–water partition coefficient (Wildman–Crippen LogP) is 5.02. The minimum absolute atomic E-state index is 0.949. The third-order valence-corrected chi connectivity index (χ3v) is 3.68. The Balaban J connectivity index is 3.94. The highest BCUT2D eigenvalue weighted by Crippen LogP contribution is 2.18. The Labute approximate surface area is 91.1 Å². The maximum atomic E-state index is 3.90. The molecule has 0 heterocycles. The van der Waals surface area contributed by atoms with Gasteiger partial charge in [0.05, 0.1) is 0 Å². The molecule has 0 nitrogen and oxygen atoms in total. The fourth-order valence-electron chi connectivity index (χ4n) is 1.52. The van der Waals surface area contributed by atoms with Crippen molar-refractivity contribution in [3.8, 4) is 0 Å². The molecule has 0 aromatic heterocycles. The number of allylic oxidation sites excluding steroid dienone is 3. The van der Waals surface area contributed by atoms with Crippen molar-refractivity contribution in [2.75, 3.05) is 0 Å². The summed E-state index contributed by atoms with van der Waals surface area (Å²) in [7, 11) is -0.949. The van der Waals surface area contributed by atoms with Crippen LogP contribution in [0.15, 0.2) is 24.3 Å². The molecule has 0 aliphatic carbocycles. The molecule has 0 aliphatic heterocycles. The number of hydrogen-bond acceptors (Lipinski definition) is 0. The lowest BCUT2D eigenvalue weighted by molar-refractivity contribution is 0.728. The molecule has 14 heavy (non-hydrogen) atoms. The summed E-state index contributed by atoms with van der Waals surface area (Å²) in [5, 5.41) is 0. The molecule has 0 aliphatic rings. The first-order chi connectivity index (χ1) is 6.49. The van der Waals surface area contributed by atoms with E-state index in [0.717, 1.165) is 0 Å². The van der Waals surface area contributed by atoms with Crippen molar-refractivity contribution in [3.05, 3.63) is 24.3 Å². The summed E-state index contributed by atoms with van der Waals surface area (Å²) in [5.41, 5.74) is 1.47. The molecular formula is C13H26Si. The molecule has 0 saturated carbocycles. The van der Waals surface area contributed by atoms with Crippen LogP contribution in [0.25, 0.3) is 0 Å². The molecule has 0 aromatic carbocycles. The Bertz CT molecular complexity index is 184. The lowest BCUT2D eigenvalue weighted by Crippen LogP contribution is -2.19. The molecule has 0 amide bonds. The summed E-state index contributed by atoms with van der Waals surface area (Å²) < 4.78 is 0. The van der Waals surface area contributed by atoms with E-state index in [-0.39, 0.29) is 0 Å². The third kappa shape index (κ3) is 8.30. The summed E-state index contributed by atoms with van der Waals surface area (Å²) in [6.07, 6.45) is 9.67. The Kier molecular flexibility index (Phi) is 6.90. The molecular weight excluding hydrogens is 184 g/mol. The van der Waals surface area contributed by atoms with Crippen LogP contribution in [0.3, 0.4) is 0 Å². The molecule has 0 atom stereocenters. The van der Waals surface area contributed by atoms with Crippen LogP contribution < -0.4 is 0 Å². The van der Waals surface area contributed by atoms with Gasteiger partial charge in [0.15, 0.2) is 0 Å². The Morgan fingerprint density at radius 2 is 1.86 bits per heavy atom. The van der Waals surface area contributed by atoms with Gasteiger partial charge in [0, 0.05) is 8.07 Å². The second-order valence-corrected chi connectivity index (χ2v) is 10.7. The van der Waals surface area contributed by atoms with Crippen LogP contribution in [0, 0.1) is 0 Å². The van der Waals surface area contributed by atoms with Gasteiger partial charge < -0.3 is 0 Å². The zero-order valence-electron chi connectivity index (χ0n) is 10.4. The van der Waals surface area contributed by atoms with E-state index in [9.17, 15) is 0 Å². The van der Waals surface area contributed by atoms with E-state index < -0.39 is 8.07 Å². The molecule has 0 spiro atoms. The first kappa shape index (κ1) is 13.7. The minimum Gasteiger partial charge on any atom is -0.0988 e. The quantitative estimate of drug-likeness (QED) is 0.314. The van der Waals surface area contributed by atoms with E-state index in [2.05, 4.69) is 39.2 Å². The van der Waals surface area contributed by atoms with Crippen LogP contribution in [0.1, 0.15) is 32.6 Å². The van der Waals surface area contributed by atoms with Crippen molar-refractivity contribution < 1.29 is 0 Å². The predicted molar refractivity (Wildman–Crippen MR) is 70.6 cm³/mol. The van der Waals surface area contributed by atoms with Crippen LogP contribution in [0.5, 0.6) is 0 Å². The first-order valence-corrected chi connectivity index (χ1v) is 9.52. The van der Waals surface area contributed by atoms with Crippen LogP contribution >= 0.6 is 0 Å². The molecule has 0 rings (SSSR count). The largest absolute Gasteiger partial charge is 0.0988 e. The molecule has 1 heteroatoms. The summed E-state index contributed by atoms with van der Waals surface area (Å²) in [4.78, 5) is 0. The van der Waals surface area contributed by atoms with Gasteiger partial charge in [-0.05, 0) is 18.9 Å². The SMILES string of the molecule is C=C/C(=C/CCCCC)C[Si](C)(C)C.